The minimum atomic E-state index is -0.471. The smallest absolute Gasteiger partial charge is 0.299 e. The molecule has 0 saturated carbocycles. The number of rotatable bonds is 5. The second-order valence-corrected chi connectivity index (χ2v) is 5.76. The summed E-state index contributed by atoms with van der Waals surface area (Å²) in [6, 6.07) is 14.3. The molecule has 26 heavy (non-hydrogen) atoms. The molecule has 0 radical (unpaired) electrons. The summed E-state index contributed by atoms with van der Waals surface area (Å²) in [6.07, 6.45) is 3.29. The maximum Gasteiger partial charge on any atom is 0.299 e. The molecule has 3 rings (SSSR count). The van der Waals surface area contributed by atoms with Crippen LogP contribution < -0.4 is 21.5 Å². The lowest BCUT2D eigenvalue weighted by molar-refractivity contribution is 0.415. The zero-order valence-corrected chi connectivity index (χ0v) is 14.6. The Hall–Kier alpha value is -3.32. The molecule has 2 aromatic carbocycles. The van der Waals surface area contributed by atoms with Crippen molar-refractivity contribution in [3.05, 3.63) is 75.2 Å². The van der Waals surface area contributed by atoms with Gasteiger partial charge in [-0.15, -0.1) is 10.2 Å². The van der Waals surface area contributed by atoms with Gasteiger partial charge in [0.05, 0.1) is 7.11 Å². The normalized spacial score (nSPS) is 10.8. The van der Waals surface area contributed by atoms with Crippen molar-refractivity contribution in [2.45, 2.75) is 0 Å². The Morgan fingerprint density at radius 3 is 2.42 bits per heavy atom. The second kappa shape index (κ2) is 7.71. The quantitative estimate of drug-likeness (QED) is 0.671. The van der Waals surface area contributed by atoms with Crippen molar-refractivity contribution < 1.29 is 4.74 Å². The van der Waals surface area contributed by atoms with Crippen LogP contribution in [0.15, 0.2) is 53.3 Å². The standard InChI is InChI=1S/C18H16ClN5O2/c1-26-15-9-7-14(8-10-15)21-18-23-22-16(17(25)24(18)20)11-4-12-2-5-13(19)6-3-12/h2-11H,20H2,1H3,(H,21,23)/b11-4-. The number of halogens is 1. The molecule has 132 valence electrons. The lowest BCUT2D eigenvalue weighted by Crippen LogP contribution is -2.32. The van der Waals surface area contributed by atoms with E-state index in [-0.39, 0.29) is 11.6 Å². The number of ether oxygens (including phenoxy) is 1. The highest BCUT2D eigenvalue weighted by molar-refractivity contribution is 6.30. The summed E-state index contributed by atoms with van der Waals surface area (Å²) in [4.78, 5) is 12.4. The summed E-state index contributed by atoms with van der Waals surface area (Å²) in [7, 11) is 1.59. The summed E-state index contributed by atoms with van der Waals surface area (Å²) >= 11 is 5.85. The topological polar surface area (TPSA) is 95.1 Å². The van der Waals surface area contributed by atoms with Crippen LogP contribution in [0.5, 0.6) is 5.75 Å². The third-order valence-corrected chi connectivity index (χ3v) is 3.82. The number of anilines is 2. The second-order valence-electron chi connectivity index (χ2n) is 5.32. The SMILES string of the molecule is COc1ccc(Nc2nnc(/C=C\c3ccc(Cl)cc3)c(=O)n2N)cc1. The molecule has 0 saturated heterocycles. The Bertz CT molecular complexity index is 982. The summed E-state index contributed by atoms with van der Waals surface area (Å²) in [6.45, 7) is 0. The van der Waals surface area contributed by atoms with Crippen molar-refractivity contribution in [1.29, 1.82) is 0 Å². The minimum absolute atomic E-state index is 0.128. The van der Waals surface area contributed by atoms with E-state index < -0.39 is 5.56 Å². The molecule has 0 amide bonds. The van der Waals surface area contributed by atoms with Gasteiger partial charge in [0, 0.05) is 10.7 Å². The molecule has 7 nitrogen and oxygen atoms in total. The van der Waals surface area contributed by atoms with Crippen LogP contribution in [0.1, 0.15) is 11.3 Å². The molecule has 0 aliphatic heterocycles. The highest BCUT2D eigenvalue weighted by atomic mass is 35.5. The zero-order valence-electron chi connectivity index (χ0n) is 13.9. The highest BCUT2D eigenvalue weighted by Gasteiger charge is 2.08. The Balaban J connectivity index is 1.81. The van der Waals surface area contributed by atoms with E-state index in [4.69, 9.17) is 22.2 Å². The number of nitrogens with two attached hydrogens (primary N) is 1. The first kappa shape index (κ1) is 17.5. The van der Waals surface area contributed by atoms with E-state index >= 15 is 0 Å². The fourth-order valence-corrected chi connectivity index (χ4v) is 2.28. The molecule has 0 bridgehead atoms. The number of nitrogens with one attached hydrogen (secondary N) is 1. The third-order valence-electron chi connectivity index (χ3n) is 3.57. The van der Waals surface area contributed by atoms with Gasteiger partial charge in [0.15, 0.2) is 5.69 Å². The number of hydrogen-bond acceptors (Lipinski definition) is 6. The number of nitrogens with zero attached hydrogens (tertiary/aromatic N) is 3. The molecule has 8 heteroatoms. The molecule has 0 aliphatic carbocycles. The first-order valence-electron chi connectivity index (χ1n) is 7.66. The van der Waals surface area contributed by atoms with Gasteiger partial charge in [0.2, 0.25) is 5.95 Å². The van der Waals surface area contributed by atoms with E-state index in [9.17, 15) is 4.79 Å². The fourth-order valence-electron chi connectivity index (χ4n) is 2.15. The fraction of sp³-hybridized carbons (Fsp3) is 0.0556. The molecule has 0 aliphatic rings. The van der Waals surface area contributed by atoms with Crippen LogP contribution in [0.4, 0.5) is 11.6 Å². The van der Waals surface area contributed by atoms with Crippen LogP contribution >= 0.6 is 11.6 Å². The predicted octanol–water partition coefficient (Wildman–Crippen LogP) is 2.93. The van der Waals surface area contributed by atoms with Gasteiger partial charge in [-0.3, -0.25) is 4.79 Å². The molecule has 0 fully saturated rings. The van der Waals surface area contributed by atoms with Gasteiger partial charge in [-0.2, -0.15) is 4.68 Å². The van der Waals surface area contributed by atoms with E-state index in [0.29, 0.717) is 10.7 Å². The lowest BCUT2D eigenvalue weighted by Gasteiger charge is -2.09. The number of nitrogen functional groups attached to an aromatic ring is 1. The summed E-state index contributed by atoms with van der Waals surface area (Å²) < 4.78 is 6.01. The van der Waals surface area contributed by atoms with Crippen LogP contribution in [0.2, 0.25) is 5.02 Å². The van der Waals surface area contributed by atoms with Crippen molar-refractivity contribution in [2.24, 2.45) is 0 Å². The first-order chi connectivity index (χ1) is 12.6. The van der Waals surface area contributed by atoms with Gasteiger partial charge < -0.3 is 15.9 Å². The molecular weight excluding hydrogens is 354 g/mol. The number of methoxy groups -OCH3 is 1. The first-order valence-corrected chi connectivity index (χ1v) is 8.04. The highest BCUT2D eigenvalue weighted by Crippen LogP contribution is 2.17. The van der Waals surface area contributed by atoms with Crippen LogP contribution in [0.3, 0.4) is 0 Å². The third kappa shape index (κ3) is 4.01. The van der Waals surface area contributed by atoms with Crippen molar-refractivity contribution in [2.75, 3.05) is 18.3 Å². The number of aromatic nitrogens is 3. The number of benzene rings is 2. The summed E-state index contributed by atoms with van der Waals surface area (Å²) in [5, 5.41) is 11.5. The van der Waals surface area contributed by atoms with E-state index in [1.807, 2.05) is 12.1 Å². The molecule has 3 aromatic rings. The Labute approximate surface area is 154 Å². The van der Waals surface area contributed by atoms with E-state index in [0.717, 1.165) is 16.0 Å². The molecule has 3 N–H and O–H groups in total. The van der Waals surface area contributed by atoms with Gasteiger partial charge in [-0.05, 0) is 48.0 Å². The van der Waals surface area contributed by atoms with Gasteiger partial charge >= 0.3 is 0 Å². The van der Waals surface area contributed by atoms with Gasteiger partial charge in [-0.25, -0.2) is 0 Å². The van der Waals surface area contributed by atoms with Crippen molar-refractivity contribution in [3.63, 3.8) is 0 Å². The zero-order chi connectivity index (χ0) is 18.5. The van der Waals surface area contributed by atoms with Gasteiger partial charge in [0.1, 0.15) is 5.75 Å². The average Bonchev–Trinajstić information content (AvgIpc) is 2.67. The van der Waals surface area contributed by atoms with Crippen molar-refractivity contribution in [3.8, 4) is 5.75 Å². The lowest BCUT2D eigenvalue weighted by atomic mass is 10.2. The molecule has 0 atom stereocenters. The van der Waals surface area contributed by atoms with Crippen LogP contribution in [0.25, 0.3) is 12.2 Å². The van der Waals surface area contributed by atoms with Crippen LogP contribution in [-0.2, 0) is 0 Å². The van der Waals surface area contributed by atoms with Crippen LogP contribution in [-0.4, -0.2) is 22.0 Å². The Kier molecular flexibility index (Phi) is 5.19. The predicted molar refractivity (Wildman–Crippen MR) is 103 cm³/mol. The molecule has 1 aromatic heterocycles. The van der Waals surface area contributed by atoms with E-state index in [1.165, 1.54) is 0 Å². The minimum Gasteiger partial charge on any atom is -0.497 e. The molecule has 0 spiro atoms. The summed E-state index contributed by atoms with van der Waals surface area (Å²) in [5.41, 5.74) is 1.23. The maximum atomic E-state index is 12.4. The van der Waals surface area contributed by atoms with Gasteiger partial charge in [0.25, 0.3) is 5.56 Å². The average molecular weight is 370 g/mol. The van der Waals surface area contributed by atoms with E-state index in [1.54, 1.807) is 55.7 Å². The maximum absolute atomic E-state index is 12.4. The molecule has 1 heterocycles. The van der Waals surface area contributed by atoms with Crippen molar-refractivity contribution >= 4 is 35.4 Å². The number of hydrogen-bond donors (Lipinski definition) is 2. The van der Waals surface area contributed by atoms with E-state index in [2.05, 4.69) is 15.5 Å². The Morgan fingerprint density at radius 2 is 1.77 bits per heavy atom. The summed E-state index contributed by atoms with van der Waals surface area (Å²) in [5.74, 6) is 6.68. The Morgan fingerprint density at radius 1 is 1.08 bits per heavy atom. The van der Waals surface area contributed by atoms with Crippen molar-refractivity contribution in [1.82, 2.24) is 14.9 Å². The van der Waals surface area contributed by atoms with Gasteiger partial charge in [-0.1, -0.05) is 29.8 Å². The molecular formula is C18H16ClN5O2. The largest absolute Gasteiger partial charge is 0.497 e. The molecule has 0 unspecified atom stereocenters. The van der Waals surface area contributed by atoms with Crippen LogP contribution in [0, 0.1) is 0 Å². The monoisotopic (exact) mass is 369 g/mol.